The van der Waals surface area contributed by atoms with Gasteiger partial charge in [-0.1, -0.05) is 18.2 Å². The predicted octanol–water partition coefficient (Wildman–Crippen LogP) is 3.13. The topological polar surface area (TPSA) is 80.3 Å². The van der Waals surface area contributed by atoms with E-state index in [1.54, 1.807) is 44.4 Å². The van der Waals surface area contributed by atoms with Crippen LogP contribution < -0.4 is 19.5 Å². The summed E-state index contributed by atoms with van der Waals surface area (Å²) in [5, 5.41) is 3.02. The molecule has 2 aromatic carbocycles. The largest absolute Gasteiger partial charge is 0.496 e. The molecule has 182 valence electrons. The number of benzene rings is 2. The lowest BCUT2D eigenvalue weighted by molar-refractivity contribution is -0.127. The van der Waals surface area contributed by atoms with E-state index < -0.39 is 0 Å². The Labute approximate surface area is 201 Å². The predicted molar refractivity (Wildman–Crippen MR) is 133 cm³/mol. The Morgan fingerprint density at radius 3 is 2.09 bits per heavy atom. The Balaban J connectivity index is 1.55. The summed E-state index contributed by atoms with van der Waals surface area (Å²) in [5.41, 5.74) is 3.68. The number of ether oxygens (including phenoxy) is 3. The number of rotatable bonds is 8. The van der Waals surface area contributed by atoms with Crippen LogP contribution in [0.3, 0.4) is 0 Å². The molecule has 0 radical (unpaired) electrons. The number of carbonyl (C=O) groups excluding carboxylic acids is 2. The molecule has 0 aromatic heterocycles. The highest BCUT2D eigenvalue weighted by molar-refractivity contribution is 5.94. The van der Waals surface area contributed by atoms with Gasteiger partial charge in [0.25, 0.3) is 0 Å². The zero-order chi connectivity index (χ0) is 24.7. The molecule has 2 amide bonds. The van der Waals surface area contributed by atoms with Crippen LogP contribution >= 0.6 is 0 Å². The molecule has 1 saturated heterocycles. The van der Waals surface area contributed by atoms with Crippen LogP contribution in [0.5, 0.6) is 17.2 Å². The average Bonchev–Trinajstić information content (AvgIpc) is 2.84. The Kier molecular flexibility index (Phi) is 8.54. The van der Waals surface area contributed by atoms with E-state index in [2.05, 4.69) is 10.2 Å². The minimum atomic E-state index is -0.0866. The van der Waals surface area contributed by atoms with Crippen molar-refractivity contribution in [2.75, 3.05) is 59.4 Å². The quantitative estimate of drug-likeness (QED) is 0.601. The highest BCUT2D eigenvalue weighted by Gasteiger charge is 2.22. The molecule has 8 nitrogen and oxygen atoms in total. The van der Waals surface area contributed by atoms with Crippen LogP contribution in [0.2, 0.25) is 0 Å². The van der Waals surface area contributed by atoms with E-state index in [1.807, 2.05) is 32.0 Å². The summed E-state index contributed by atoms with van der Waals surface area (Å²) in [5.74, 6) is 1.57. The van der Waals surface area contributed by atoms with Crippen LogP contribution in [0.1, 0.15) is 16.7 Å². The minimum absolute atomic E-state index is 0.0439. The van der Waals surface area contributed by atoms with E-state index in [-0.39, 0.29) is 11.8 Å². The zero-order valence-electron chi connectivity index (χ0n) is 20.5. The van der Waals surface area contributed by atoms with Gasteiger partial charge in [0.15, 0.2) is 11.5 Å². The van der Waals surface area contributed by atoms with E-state index in [9.17, 15) is 9.59 Å². The van der Waals surface area contributed by atoms with Gasteiger partial charge in [0.1, 0.15) is 5.75 Å². The van der Waals surface area contributed by atoms with E-state index in [4.69, 9.17) is 14.2 Å². The van der Waals surface area contributed by atoms with Crippen LogP contribution in [-0.4, -0.2) is 75.7 Å². The normalized spacial score (nSPS) is 14.2. The van der Waals surface area contributed by atoms with Gasteiger partial charge in [0.05, 0.1) is 27.9 Å². The molecule has 1 aliphatic heterocycles. The first-order chi connectivity index (χ1) is 16.4. The third kappa shape index (κ3) is 6.08. The maximum atomic E-state index is 12.7. The van der Waals surface area contributed by atoms with Crippen LogP contribution in [0.4, 0.5) is 5.69 Å². The summed E-state index contributed by atoms with van der Waals surface area (Å²) < 4.78 is 16.1. The fraction of sp³-hybridized carbons (Fsp3) is 0.385. The van der Waals surface area contributed by atoms with E-state index in [0.29, 0.717) is 50.0 Å². The van der Waals surface area contributed by atoms with Crippen molar-refractivity contribution in [2.45, 2.75) is 13.8 Å². The molecule has 0 saturated carbocycles. The smallest absolute Gasteiger partial charge is 0.246 e. The van der Waals surface area contributed by atoms with Crippen LogP contribution in [0, 0.1) is 13.8 Å². The SMILES string of the molecule is COc1cc(OC)c(OC)cc1/C=C/C(=O)N1CCN(CC(=O)Nc2c(C)cccc2C)CC1. The molecule has 0 aliphatic carbocycles. The highest BCUT2D eigenvalue weighted by Crippen LogP contribution is 2.35. The molecule has 0 bridgehead atoms. The second-order valence-electron chi connectivity index (χ2n) is 8.20. The van der Waals surface area contributed by atoms with Crippen LogP contribution in [-0.2, 0) is 9.59 Å². The van der Waals surface area contributed by atoms with Crippen LogP contribution in [0.25, 0.3) is 6.08 Å². The Bertz CT molecular complexity index is 1040. The first-order valence-corrected chi connectivity index (χ1v) is 11.2. The third-order valence-electron chi connectivity index (χ3n) is 5.94. The van der Waals surface area contributed by atoms with E-state index in [0.717, 1.165) is 22.4 Å². The molecule has 0 spiro atoms. The number of nitrogens with one attached hydrogen (secondary N) is 1. The molecule has 1 aliphatic rings. The van der Waals surface area contributed by atoms with Gasteiger partial charge < -0.3 is 24.4 Å². The van der Waals surface area contributed by atoms with Crippen LogP contribution in [0.15, 0.2) is 36.4 Å². The average molecular weight is 468 g/mol. The molecule has 0 atom stereocenters. The summed E-state index contributed by atoms with van der Waals surface area (Å²) in [7, 11) is 4.68. The Morgan fingerprint density at radius 2 is 1.50 bits per heavy atom. The van der Waals surface area contributed by atoms with Crippen molar-refractivity contribution < 1.29 is 23.8 Å². The second-order valence-corrected chi connectivity index (χ2v) is 8.20. The van der Waals surface area contributed by atoms with Crippen molar-refractivity contribution in [3.05, 3.63) is 53.1 Å². The number of anilines is 1. The summed E-state index contributed by atoms with van der Waals surface area (Å²) >= 11 is 0. The highest BCUT2D eigenvalue weighted by atomic mass is 16.5. The zero-order valence-corrected chi connectivity index (χ0v) is 20.5. The van der Waals surface area contributed by atoms with E-state index >= 15 is 0 Å². The maximum absolute atomic E-state index is 12.7. The lowest BCUT2D eigenvalue weighted by Gasteiger charge is -2.33. The number of aryl methyl sites for hydroxylation is 2. The molecule has 1 N–H and O–H groups in total. The molecule has 8 heteroatoms. The van der Waals surface area contributed by atoms with Gasteiger partial charge in [-0.25, -0.2) is 0 Å². The van der Waals surface area contributed by atoms with Gasteiger partial charge in [-0.15, -0.1) is 0 Å². The first-order valence-electron chi connectivity index (χ1n) is 11.2. The summed E-state index contributed by atoms with van der Waals surface area (Å²) in [6, 6.07) is 9.45. The molecule has 3 rings (SSSR count). The monoisotopic (exact) mass is 467 g/mol. The number of hydrogen-bond acceptors (Lipinski definition) is 6. The fourth-order valence-corrected chi connectivity index (χ4v) is 3.97. The molecule has 2 aromatic rings. The van der Waals surface area contributed by atoms with Gasteiger partial charge >= 0.3 is 0 Å². The van der Waals surface area contributed by atoms with Crippen molar-refractivity contribution in [2.24, 2.45) is 0 Å². The number of hydrogen-bond donors (Lipinski definition) is 1. The molecule has 34 heavy (non-hydrogen) atoms. The van der Waals surface area contributed by atoms with Gasteiger partial charge in [-0.05, 0) is 37.1 Å². The van der Waals surface area contributed by atoms with Crippen molar-refractivity contribution in [1.29, 1.82) is 0 Å². The minimum Gasteiger partial charge on any atom is -0.496 e. The van der Waals surface area contributed by atoms with Crippen molar-refractivity contribution in [1.82, 2.24) is 9.80 Å². The summed E-state index contributed by atoms with van der Waals surface area (Å²) in [6.07, 6.45) is 3.25. The number of para-hydroxylation sites is 1. The first kappa shape index (κ1) is 25.1. The molecule has 1 fully saturated rings. The number of carbonyl (C=O) groups is 2. The van der Waals surface area contributed by atoms with Crippen molar-refractivity contribution in [3.8, 4) is 17.2 Å². The third-order valence-corrected chi connectivity index (χ3v) is 5.94. The number of piperazine rings is 1. The number of methoxy groups -OCH3 is 3. The van der Waals surface area contributed by atoms with Gasteiger partial charge in [0, 0.05) is 49.6 Å². The Morgan fingerprint density at radius 1 is 0.912 bits per heavy atom. The summed E-state index contributed by atoms with van der Waals surface area (Å²) in [4.78, 5) is 29.1. The number of nitrogens with zero attached hydrogens (tertiary/aromatic N) is 2. The lowest BCUT2D eigenvalue weighted by atomic mass is 10.1. The standard InChI is InChI=1S/C26H33N3O5/c1-18-7-6-8-19(2)26(18)27-24(30)17-28-11-13-29(14-12-28)25(31)10-9-20-15-22(33-4)23(34-5)16-21(20)32-3/h6-10,15-16H,11-14,17H2,1-5H3,(H,27,30)/b10-9+. The van der Waals surface area contributed by atoms with Gasteiger partial charge in [-0.2, -0.15) is 0 Å². The van der Waals surface area contributed by atoms with Gasteiger partial charge in [0.2, 0.25) is 11.8 Å². The molecule has 0 unspecified atom stereocenters. The Hall–Kier alpha value is -3.52. The molecular weight excluding hydrogens is 434 g/mol. The van der Waals surface area contributed by atoms with Crippen molar-refractivity contribution >= 4 is 23.6 Å². The second kappa shape index (κ2) is 11.6. The molecule has 1 heterocycles. The fourth-order valence-electron chi connectivity index (χ4n) is 3.97. The lowest BCUT2D eigenvalue weighted by Crippen LogP contribution is -2.50. The van der Waals surface area contributed by atoms with Gasteiger partial charge in [-0.3, -0.25) is 14.5 Å². The van der Waals surface area contributed by atoms with Crippen molar-refractivity contribution in [3.63, 3.8) is 0 Å². The number of amides is 2. The maximum Gasteiger partial charge on any atom is 0.246 e. The van der Waals surface area contributed by atoms with E-state index in [1.165, 1.54) is 6.08 Å². The summed E-state index contributed by atoms with van der Waals surface area (Å²) in [6.45, 7) is 6.66. The molecular formula is C26H33N3O5.